The van der Waals surface area contributed by atoms with Crippen LogP contribution in [0.4, 0.5) is 18.0 Å². The van der Waals surface area contributed by atoms with Crippen LogP contribution < -0.4 is 10.6 Å². The van der Waals surface area contributed by atoms with Crippen molar-refractivity contribution in [1.82, 2.24) is 10.6 Å². The molecule has 0 heterocycles. The zero-order chi connectivity index (χ0) is 15.3. The van der Waals surface area contributed by atoms with E-state index in [9.17, 15) is 22.8 Å². The van der Waals surface area contributed by atoms with Gasteiger partial charge in [-0.1, -0.05) is 20.8 Å². The monoisotopic (exact) mass is 302 g/mol. The molecule has 0 aliphatic rings. The average molecular weight is 302 g/mol. The van der Waals surface area contributed by atoms with Crippen molar-refractivity contribution in [2.24, 2.45) is 5.41 Å². The summed E-state index contributed by atoms with van der Waals surface area (Å²) in [7, 11) is 0. The minimum atomic E-state index is -4.34. The molecule has 1 unspecified atom stereocenters. The van der Waals surface area contributed by atoms with Crippen molar-refractivity contribution in [2.45, 2.75) is 32.3 Å². The highest BCUT2D eigenvalue weighted by Crippen LogP contribution is 2.29. The molecule has 0 saturated carbocycles. The topological polar surface area (TPSA) is 78.4 Å². The second-order valence-corrected chi connectivity index (χ2v) is 5.99. The highest BCUT2D eigenvalue weighted by atomic mass is 32.2. The smallest absolute Gasteiger partial charge is 0.441 e. The first-order chi connectivity index (χ1) is 8.43. The molecule has 9 heteroatoms. The summed E-state index contributed by atoms with van der Waals surface area (Å²) in [6.45, 7) is 4.69. The van der Waals surface area contributed by atoms with E-state index >= 15 is 0 Å². The van der Waals surface area contributed by atoms with Gasteiger partial charge >= 0.3 is 17.5 Å². The number of alkyl halides is 3. The molecule has 0 aromatic carbocycles. The van der Waals surface area contributed by atoms with Crippen molar-refractivity contribution in [3.8, 4) is 0 Å². The minimum absolute atomic E-state index is 0.202. The molecule has 0 aromatic heterocycles. The Labute approximate surface area is 113 Å². The molecule has 1 atom stereocenters. The lowest BCUT2D eigenvalue weighted by atomic mass is 9.87. The van der Waals surface area contributed by atoms with Crippen LogP contribution >= 0.6 is 11.8 Å². The zero-order valence-electron chi connectivity index (χ0n) is 10.8. The number of carbonyl (C=O) groups excluding carboxylic acids is 1. The summed E-state index contributed by atoms with van der Waals surface area (Å²) in [6.07, 6.45) is 0. The van der Waals surface area contributed by atoms with Crippen molar-refractivity contribution < 1.29 is 27.9 Å². The summed E-state index contributed by atoms with van der Waals surface area (Å²) in [6, 6.07) is -1.92. The molecule has 0 rings (SSSR count). The number of carboxylic acid groups (broad SMARTS) is 1. The Morgan fingerprint density at radius 2 is 1.79 bits per heavy atom. The van der Waals surface area contributed by atoms with E-state index < -0.39 is 29.0 Å². The fraction of sp³-hybridized carbons (Fsp3) is 0.800. The van der Waals surface area contributed by atoms with Crippen molar-refractivity contribution in [1.29, 1.82) is 0 Å². The number of carbonyl (C=O) groups is 2. The Morgan fingerprint density at radius 1 is 1.26 bits per heavy atom. The highest BCUT2D eigenvalue weighted by Gasteiger charge is 2.32. The standard InChI is InChI=1S/C10H17F3N2O3S/c1-9(2,3)6(7(16)17)15-8(18)14-4-5-19-10(11,12)13/h6H,4-5H2,1-3H3,(H,16,17)(H2,14,15,18). The number of rotatable bonds is 5. The van der Waals surface area contributed by atoms with Gasteiger partial charge in [0, 0.05) is 12.3 Å². The SMILES string of the molecule is CC(C)(C)C(NC(=O)NCCSC(F)(F)F)C(=O)O. The number of hydrogen-bond acceptors (Lipinski definition) is 3. The van der Waals surface area contributed by atoms with E-state index in [0.717, 1.165) is 0 Å². The maximum Gasteiger partial charge on any atom is 0.441 e. The van der Waals surface area contributed by atoms with Gasteiger partial charge in [0.1, 0.15) is 6.04 Å². The van der Waals surface area contributed by atoms with Crippen LogP contribution in [0.25, 0.3) is 0 Å². The molecule has 3 N–H and O–H groups in total. The molecule has 0 aromatic rings. The third-order valence-corrected chi connectivity index (χ3v) is 2.78. The average Bonchev–Trinajstić information content (AvgIpc) is 2.17. The molecule has 19 heavy (non-hydrogen) atoms. The Kier molecular flexibility index (Phi) is 6.47. The van der Waals surface area contributed by atoms with E-state index in [1.165, 1.54) is 0 Å². The molecule has 5 nitrogen and oxygen atoms in total. The van der Waals surface area contributed by atoms with Crippen molar-refractivity contribution in [3.05, 3.63) is 0 Å². The fourth-order valence-electron chi connectivity index (χ4n) is 1.16. The van der Waals surface area contributed by atoms with E-state index in [0.29, 0.717) is 0 Å². The van der Waals surface area contributed by atoms with E-state index in [1.54, 1.807) is 20.8 Å². The highest BCUT2D eigenvalue weighted by molar-refractivity contribution is 8.00. The Bertz CT molecular complexity index is 329. The summed E-state index contributed by atoms with van der Waals surface area (Å²) < 4.78 is 35.4. The predicted octanol–water partition coefficient (Wildman–Crippen LogP) is 2.04. The van der Waals surface area contributed by atoms with Gasteiger partial charge in [-0.2, -0.15) is 13.2 Å². The number of thioether (sulfide) groups is 1. The fourth-order valence-corrected chi connectivity index (χ4v) is 1.60. The Hall–Kier alpha value is -1.12. The molecule has 0 radical (unpaired) electrons. The summed E-state index contributed by atoms with van der Waals surface area (Å²) in [5.74, 6) is -1.53. The molecule has 112 valence electrons. The maximum atomic E-state index is 11.8. The second-order valence-electron chi connectivity index (χ2n) is 4.83. The van der Waals surface area contributed by atoms with E-state index in [1.807, 2.05) is 0 Å². The molecule has 0 aliphatic carbocycles. The van der Waals surface area contributed by atoms with Gasteiger partial charge in [0.05, 0.1) is 0 Å². The molecule has 0 saturated heterocycles. The summed E-state index contributed by atoms with van der Waals surface area (Å²) in [5.41, 5.74) is -5.04. The molecule has 0 spiro atoms. The number of halogens is 3. The second kappa shape index (κ2) is 6.88. The first-order valence-corrected chi connectivity index (χ1v) is 6.40. The molecule has 0 fully saturated rings. The van der Waals surface area contributed by atoms with E-state index in [2.05, 4.69) is 10.6 Å². The number of aliphatic carboxylic acids is 1. The van der Waals surface area contributed by atoms with Gasteiger partial charge in [0.15, 0.2) is 0 Å². The molecule has 2 amide bonds. The third-order valence-electron chi connectivity index (χ3n) is 2.04. The normalized spacial score (nSPS) is 13.8. The van der Waals surface area contributed by atoms with Crippen LogP contribution in [0, 0.1) is 5.41 Å². The minimum Gasteiger partial charge on any atom is -0.480 e. The quantitative estimate of drug-likeness (QED) is 0.679. The first-order valence-electron chi connectivity index (χ1n) is 5.41. The van der Waals surface area contributed by atoms with Crippen LogP contribution in [0.15, 0.2) is 0 Å². The van der Waals surface area contributed by atoms with Crippen LogP contribution in [0.5, 0.6) is 0 Å². The van der Waals surface area contributed by atoms with Crippen molar-refractivity contribution >= 4 is 23.8 Å². The van der Waals surface area contributed by atoms with E-state index in [4.69, 9.17) is 5.11 Å². The zero-order valence-corrected chi connectivity index (χ0v) is 11.6. The lowest BCUT2D eigenvalue weighted by molar-refractivity contribution is -0.141. The lowest BCUT2D eigenvalue weighted by Gasteiger charge is -2.27. The van der Waals surface area contributed by atoms with Crippen molar-refractivity contribution in [3.63, 3.8) is 0 Å². The Morgan fingerprint density at radius 3 is 2.16 bits per heavy atom. The van der Waals surface area contributed by atoms with Crippen molar-refractivity contribution in [2.75, 3.05) is 12.3 Å². The summed E-state index contributed by atoms with van der Waals surface area (Å²) >= 11 is -0.253. The third kappa shape index (κ3) is 8.57. The molecule has 0 bridgehead atoms. The van der Waals surface area contributed by atoms with Gasteiger partial charge in [-0.3, -0.25) is 0 Å². The van der Waals surface area contributed by atoms with Crippen LogP contribution in [0.3, 0.4) is 0 Å². The van der Waals surface area contributed by atoms with Crippen LogP contribution in [-0.2, 0) is 4.79 Å². The lowest BCUT2D eigenvalue weighted by Crippen LogP contribution is -2.52. The summed E-state index contributed by atoms with van der Waals surface area (Å²) in [5, 5.41) is 13.3. The van der Waals surface area contributed by atoms with Gasteiger partial charge in [-0.05, 0) is 17.2 Å². The first kappa shape index (κ1) is 17.9. The van der Waals surface area contributed by atoms with Gasteiger partial charge in [0.2, 0.25) is 0 Å². The van der Waals surface area contributed by atoms with Gasteiger partial charge in [-0.25, -0.2) is 9.59 Å². The van der Waals surface area contributed by atoms with Gasteiger partial charge < -0.3 is 15.7 Å². The van der Waals surface area contributed by atoms with E-state index in [-0.39, 0.29) is 24.1 Å². The van der Waals surface area contributed by atoms with Crippen LogP contribution in [-0.4, -0.2) is 41.0 Å². The molecular formula is C10H17F3N2O3S. The predicted molar refractivity (Wildman–Crippen MR) is 65.9 cm³/mol. The van der Waals surface area contributed by atoms with Crippen LogP contribution in [0.1, 0.15) is 20.8 Å². The molecular weight excluding hydrogens is 285 g/mol. The Balaban J connectivity index is 4.13. The number of carboxylic acids is 1. The number of urea groups is 1. The molecule has 0 aliphatic heterocycles. The summed E-state index contributed by atoms with van der Waals surface area (Å²) in [4.78, 5) is 22.3. The van der Waals surface area contributed by atoms with Gasteiger partial charge in [-0.15, -0.1) is 0 Å². The number of hydrogen-bond donors (Lipinski definition) is 3. The van der Waals surface area contributed by atoms with Crippen LogP contribution in [0.2, 0.25) is 0 Å². The number of nitrogens with one attached hydrogen (secondary N) is 2. The maximum absolute atomic E-state index is 11.8. The number of amides is 2. The largest absolute Gasteiger partial charge is 0.480 e. The van der Waals surface area contributed by atoms with Gasteiger partial charge in [0.25, 0.3) is 0 Å².